The fourth-order valence-corrected chi connectivity index (χ4v) is 1.90. The van der Waals surface area contributed by atoms with Crippen molar-refractivity contribution >= 4 is 17.3 Å². The lowest BCUT2D eigenvalue weighted by Gasteiger charge is -2.31. The van der Waals surface area contributed by atoms with Crippen LogP contribution in [0.4, 0.5) is 18.9 Å². The lowest BCUT2D eigenvalue weighted by molar-refractivity contribution is -0.137. The predicted molar refractivity (Wildman–Crippen MR) is 72.4 cm³/mol. The third-order valence-electron chi connectivity index (χ3n) is 2.85. The van der Waals surface area contributed by atoms with E-state index >= 15 is 0 Å². The molecule has 0 aliphatic carbocycles. The Morgan fingerprint density at radius 3 is 2.21 bits per heavy atom. The van der Waals surface area contributed by atoms with Gasteiger partial charge in [-0.25, -0.2) is 0 Å². The molecule has 108 valence electrons. The number of rotatable bonds is 3. The van der Waals surface area contributed by atoms with E-state index in [0.717, 1.165) is 12.1 Å². The van der Waals surface area contributed by atoms with Crippen LogP contribution in [-0.4, -0.2) is 12.6 Å². The van der Waals surface area contributed by atoms with Crippen molar-refractivity contribution in [3.63, 3.8) is 0 Å². The van der Waals surface area contributed by atoms with Crippen LogP contribution >= 0.6 is 11.6 Å². The molecule has 1 aromatic carbocycles. The molecule has 0 aliphatic heterocycles. The first-order valence-electron chi connectivity index (χ1n) is 5.88. The minimum atomic E-state index is -4.42. The summed E-state index contributed by atoms with van der Waals surface area (Å²) in [5.41, 5.74) is 5.03. The Bertz CT molecular complexity index is 438. The second-order valence-corrected chi connectivity index (χ2v) is 5.96. The number of benzene rings is 1. The molecular weight excluding hydrogens is 277 g/mol. The van der Waals surface area contributed by atoms with Gasteiger partial charge in [0.25, 0.3) is 0 Å². The summed E-state index contributed by atoms with van der Waals surface area (Å²) in [6, 6.07) is 3.26. The predicted octanol–water partition coefficient (Wildman–Crippen LogP) is 4.14. The Morgan fingerprint density at radius 1 is 1.21 bits per heavy atom. The zero-order valence-electron chi connectivity index (χ0n) is 11.1. The molecule has 0 aromatic heterocycles. The number of halogens is 4. The highest BCUT2D eigenvalue weighted by Gasteiger charge is 2.31. The molecule has 0 aliphatic rings. The smallest absolute Gasteiger partial charge is 0.380 e. The summed E-state index contributed by atoms with van der Waals surface area (Å²) >= 11 is 5.73. The van der Waals surface area contributed by atoms with Gasteiger partial charge >= 0.3 is 6.18 Å². The normalized spacial score (nSPS) is 14.3. The molecule has 3 N–H and O–H groups in total. The van der Waals surface area contributed by atoms with Crippen LogP contribution in [0.1, 0.15) is 26.3 Å². The molecule has 6 heteroatoms. The summed E-state index contributed by atoms with van der Waals surface area (Å²) in [7, 11) is 0. The molecule has 2 nitrogen and oxygen atoms in total. The molecule has 0 heterocycles. The van der Waals surface area contributed by atoms with E-state index in [9.17, 15) is 13.2 Å². The third kappa shape index (κ3) is 4.58. The maximum atomic E-state index is 12.7. The first-order chi connectivity index (χ1) is 8.54. The molecule has 0 fully saturated rings. The van der Waals surface area contributed by atoms with Crippen molar-refractivity contribution in [3.05, 3.63) is 28.8 Å². The summed E-state index contributed by atoms with van der Waals surface area (Å²) in [6.45, 7) is 6.21. The number of hydrogen-bond acceptors (Lipinski definition) is 2. The molecule has 0 bridgehead atoms. The largest absolute Gasteiger partial charge is 0.416 e. The Hall–Kier alpha value is -0.940. The molecule has 0 amide bonds. The Kier molecular flexibility index (Phi) is 4.74. The van der Waals surface area contributed by atoms with E-state index in [2.05, 4.69) is 5.32 Å². The van der Waals surface area contributed by atoms with E-state index in [-0.39, 0.29) is 16.5 Å². The van der Waals surface area contributed by atoms with Crippen molar-refractivity contribution in [1.82, 2.24) is 0 Å². The summed E-state index contributed by atoms with van der Waals surface area (Å²) in [5.74, 6) is 0. The van der Waals surface area contributed by atoms with Crippen LogP contribution in [-0.2, 0) is 6.18 Å². The zero-order valence-corrected chi connectivity index (χ0v) is 11.9. The number of nitrogens with two attached hydrogens (primary N) is 1. The van der Waals surface area contributed by atoms with Crippen LogP contribution < -0.4 is 11.1 Å². The van der Waals surface area contributed by atoms with Crippen LogP contribution in [0.15, 0.2) is 18.2 Å². The topological polar surface area (TPSA) is 38.0 Å². The van der Waals surface area contributed by atoms with E-state index in [4.69, 9.17) is 17.3 Å². The van der Waals surface area contributed by atoms with Crippen molar-refractivity contribution in [2.75, 3.05) is 11.9 Å². The van der Waals surface area contributed by atoms with Gasteiger partial charge in [0.2, 0.25) is 0 Å². The summed E-state index contributed by atoms with van der Waals surface area (Å²) in [5, 5.41) is 3.06. The monoisotopic (exact) mass is 294 g/mol. The van der Waals surface area contributed by atoms with Crippen molar-refractivity contribution in [3.8, 4) is 0 Å². The van der Waals surface area contributed by atoms with Gasteiger partial charge in [-0.05, 0) is 23.6 Å². The van der Waals surface area contributed by atoms with Crippen LogP contribution in [0, 0.1) is 5.41 Å². The van der Waals surface area contributed by atoms with Crippen LogP contribution in [0.2, 0.25) is 5.02 Å². The van der Waals surface area contributed by atoms with Crippen molar-refractivity contribution in [2.45, 2.75) is 33.0 Å². The molecule has 0 saturated heterocycles. The van der Waals surface area contributed by atoms with E-state index in [1.54, 1.807) is 0 Å². The quantitative estimate of drug-likeness (QED) is 0.879. The molecule has 1 aromatic rings. The van der Waals surface area contributed by atoms with E-state index < -0.39 is 11.7 Å². The highest BCUT2D eigenvalue weighted by Crippen LogP contribution is 2.34. The SMILES string of the molecule is CC(C)(C)C(CN)Nc1cc(Cl)cc(C(F)(F)F)c1. The molecule has 19 heavy (non-hydrogen) atoms. The first-order valence-corrected chi connectivity index (χ1v) is 6.26. The van der Waals surface area contributed by atoms with Gasteiger partial charge in [0.15, 0.2) is 0 Å². The van der Waals surface area contributed by atoms with Crippen LogP contribution in [0.3, 0.4) is 0 Å². The van der Waals surface area contributed by atoms with E-state index in [1.807, 2.05) is 20.8 Å². The van der Waals surface area contributed by atoms with Crippen LogP contribution in [0.25, 0.3) is 0 Å². The fraction of sp³-hybridized carbons (Fsp3) is 0.538. The number of hydrogen-bond donors (Lipinski definition) is 2. The van der Waals surface area contributed by atoms with Gasteiger partial charge in [0, 0.05) is 23.3 Å². The molecule has 0 spiro atoms. The van der Waals surface area contributed by atoms with Gasteiger partial charge in [-0.2, -0.15) is 13.2 Å². The number of alkyl halides is 3. The Balaban J connectivity index is 3.05. The van der Waals surface area contributed by atoms with Gasteiger partial charge in [0.1, 0.15) is 0 Å². The van der Waals surface area contributed by atoms with Gasteiger partial charge in [-0.15, -0.1) is 0 Å². The number of nitrogens with one attached hydrogen (secondary N) is 1. The molecule has 0 saturated carbocycles. The fourth-order valence-electron chi connectivity index (χ4n) is 1.67. The Labute approximate surface area is 116 Å². The minimum absolute atomic E-state index is 0.0435. The highest BCUT2D eigenvalue weighted by molar-refractivity contribution is 6.30. The van der Waals surface area contributed by atoms with Gasteiger partial charge in [-0.1, -0.05) is 32.4 Å². The zero-order chi connectivity index (χ0) is 14.8. The summed E-state index contributed by atoms with van der Waals surface area (Å²) < 4.78 is 38.1. The Morgan fingerprint density at radius 2 is 1.79 bits per heavy atom. The molecular formula is C13H18ClF3N2. The standard InChI is InChI=1S/C13H18ClF3N2/c1-12(2,3)11(7-18)19-10-5-8(13(15,16)17)4-9(14)6-10/h4-6,11,19H,7,18H2,1-3H3. The van der Waals surface area contributed by atoms with Crippen molar-refractivity contribution in [2.24, 2.45) is 11.1 Å². The lowest BCUT2D eigenvalue weighted by atomic mass is 9.86. The van der Waals surface area contributed by atoms with Crippen molar-refractivity contribution in [1.29, 1.82) is 0 Å². The maximum absolute atomic E-state index is 12.7. The maximum Gasteiger partial charge on any atom is 0.416 e. The van der Waals surface area contributed by atoms with Crippen molar-refractivity contribution < 1.29 is 13.2 Å². The van der Waals surface area contributed by atoms with Crippen LogP contribution in [0.5, 0.6) is 0 Å². The minimum Gasteiger partial charge on any atom is -0.380 e. The molecule has 1 rings (SSSR count). The average molecular weight is 295 g/mol. The third-order valence-corrected chi connectivity index (χ3v) is 3.07. The first kappa shape index (κ1) is 16.1. The summed E-state index contributed by atoms with van der Waals surface area (Å²) in [4.78, 5) is 0. The lowest BCUT2D eigenvalue weighted by Crippen LogP contribution is -2.40. The molecule has 1 atom stereocenters. The molecule has 1 unspecified atom stereocenters. The highest BCUT2D eigenvalue weighted by atomic mass is 35.5. The van der Waals surface area contributed by atoms with Gasteiger partial charge < -0.3 is 11.1 Å². The molecule has 0 radical (unpaired) electrons. The van der Waals surface area contributed by atoms with E-state index in [1.165, 1.54) is 6.07 Å². The van der Waals surface area contributed by atoms with E-state index in [0.29, 0.717) is 12.2 Å². The van der Waals surface area contributed by atoms with Gasteiger partial charge in [-0.3, -0.25) is 0 Å². The summed E-state index contributed by atoms with van der Waals surface area (Å²) in [6.07, 6.45) is -4.42. The number of anilines is 1. The average Bonchev–Trinajstić information content (AvgIpc) is 2.22. The second-order valence-electron chi connectivity index (χ2n) is 5.52. The van der Waals surface area contributed by atoms with Gasteiger partial charge in [0.05, 0.1) is 5.56 Å². The second kappa shape index (κ2) is 5.59.